The fourth-order valence-corrected chi connectivity index (χ4v) is 2.61. The van der Waals surface area contributed by atoms with Gasteiger partial charge in [0.15, 0.2) is 0 Å². The fourth-order valence-electron chi connectivity index (χ4n) is 2.61. The molecule has 0 aliphatic heterocycles. The van der Waals surface area contributed by atoms with E-state index in [1.165, 1.54) is 36.8 Å². The van der Waals surface area contributed by atoms with Crippen LogP contribution in [0.3, 0.4) is 0 Å². The van der Waals surface area contributed by atoms with Crippen molar-refractivity contribution in [2.24, 2.45) is 5.73 Å². The normalized spacial score (nSPS) is 16.9. The summed E-state index contributed by atoms with van der Waals surface area (Å²) in [6, 6.07) is 4.51. The number of benzene rings is 1. The minimum Gasteiger partial charge on any atom is -0.398 e. The van der Waals surface area contributed by atoms with Crippen molar-refractivity contribution >= 4 is 5.69 Å². The Morgan fingerprint density at radius 2 is 1.81 bits per heavy atom. The molecule has 1 unspecified atom stereocenters. The van der Waals surface area contributed by atoms with Gasteiger partial charge in [0, 0.05) is 11.7 Å². The third kappa shape index (κ3) is 2.22. The van der Waals surface area contributed by atoms with Gasteiger partial charge in [-0.15, -0.1) is 0 Å². The van der Waals surface area contributed by atoms with Crippen molar-refractivity contribution in [2.75, 3.05) is 5.73 Å². The van der Waals surface area contributed by atoms with E-state index in [9.17, 15) is 0 Å². The van der Waals surface area contributed by atoms with E-state index in [-0.39, 0.29) is 6.04 Å². The highest BCUT2D eigenvalue weighted by Gasteiger charge is 2.15. The summed E-state index contributed by atoms with van der Waals surface area (Å²) in [5, 5.41) is 0. The second kappa shape index (κ2) is 4.88. The van der Waals surface area contributed by atoms with Crippen molar-refractivity contribution in [3.05, 3.63) is 28.8 Å². The predicted octanol–water partition coefficient (Wildman–Crippen LogP) is 2.95. The Bertz CT molecular complexity index is 371. The van der Waals surface area contributed by atoms with Gasteiger partial charge in [0.25, 0.3) is 0 Å². The summed E-state index contributed by atoms with van der Waals surface area (Å²) < 4.78 is 0. The van der Waals surface area contributed by atoms with Gasteiger partial charge in [0.05, 0.1) is 0 Å². The van der Waals surface area contributed by atoms with Gasteiger partial charge in [0.1, 0.15) is 0 Å². The first-order valence-electron chi connectivity index (χ1n) is 6.39. The molecule has 0 heterocycles. The van der Waals surface area contributed by atoms with Crippen LogP contribution in [0.4, 0.5) is 5.69 Å². The number of fused-ring (bicyclic) bond motifs is 1. The molecule has 0 amide bonds. The summed E-state index contributed by atoms with van der Waals surface area (Å²) in [6.45, 7) is 2.16. The zero-order chi connectivity index (χ0) is 11.5. The Hall–Kier alpha value is -1.02. The van der Waals surface area contributed by atoms with Gasteiger partial charge in [0.2, 0.25) is 0 Å². The van der Waals surface area contributed by atoms with E-state index in [2.05, 4.69) is 19.1 Å². The number of rotatable bonds is 3. The molecule has 1 aliphatic rings. The lowest BCUT2D eigenvalue weighted by Gasteiger charge is -2.21. The lowest BCUT2D eigenvalue weighted by molar-refractivity contribution is 0.634. The van der Waals surface area contributed by atoms with Gasteiger partial charge < -0.3 is 11.5 Å². The third-order valence-electron chi connectivity index (χ3n) is 3.55. The molecule has 0 saturated carbocycles. The Kier molecular flexibility index (Phi) is 3.49. The molecule has 1 aliphatic carbocycles. The first kappa shape index (κ1) is 11.5. The highest BCUT2D eigenvalue weighted by Crippen LogP contribution is 2.30. The van der Waals surface area contributed by atoms with Crippen LogP contribution < -0.4 is 11.5 Å². The minimum atomic E-state index is 0.109. The molecule has 2 nitrogen and oxygen atoms in total. The van der Waals surface area contributed by atoms with E-state index in [0.29, 0.717) is 0 Å². The molecule has 4 N–H and O–H groups in total. The number of nitrogens with two attached hydrogens (primary N) is 2. The largest absolute Gasteiger partial charge is 0.398 e. The topological polar surface area (TPSA) is 52.0 Å². The average Bonchev–Trinajstić information content (AvgIpc) is 2.28. The minimum absolute atomic E-state index is 0.109. The standard InChI is InChI=1S/C14H22N2/c1-2-5-13(15)12-8-10-6-3-4-7-11(10)9-14(12)16/h8-9,13H,2-7,15-16H2,1H3. The van der Waals surface area contributed by atoms with E-state index in [0.717, 1.165) is 24.1 Å². The van der Waals surface area contributed by atoms with Crippen molar-refractivity contribution in [2.45, 2.75) is 51.5 Å². The first-order chi connectivity index (χ1) is 7.72. The Morgan fingerprint density at radius 3 is 2.44 bits per heavy atom. The molecule has 1 atom stereocenters. The summed E-state index contributed by atoms with van der Waals surface area (Å²) in [6.07, 6.45) is 7.11. The van der Waals surface area contributed by atoms with Crippen LogP contribution in [0.1, 0.15) is 55.3 Å². The number of hydrogen-bond donors (Lipinski definition) is 2. The van der Waals surface area contributed by atoms with Crippen molar-refractivity contribution in [3.63, 3.8) is 0 Å². The molecule has 2 heteroatoms. The van der Waals surface area contributed by atoms with Gasteiger partial charge >= 0.3 is 0 Å². The molecule has 1 aromatic rings. The lowest BCUT2D eigenvalue weighted by Crippen LogP contribution is -2.14. The molecule has 2 rings (SSSR count). The average molecular weight is 218 g/mol. The Balaban J connectivity index is 2.31. The molecule has 0 spiro atoms. The van der Waals surface area contributed by atoms with Crippen LogP contribution in [0.15, 0.2) is 12.1 Å². The SMILES string of the molecule is CCCC(N)c1cc2c(cc1N)CCCC2. The van der Waals surface area contributed by atoms with Gasteiger partial charge in [-0.1, -0.05) is 19.4 Å². The summed E-state index contributed by atoms with van der Waals surface area (Å²) >= 11 is 0. The van der Waals surface area contributed by atoms with Crippen LogP contribution >= 0.6 is 0 Å². The van der Waals surface area contributed by atoms with Gasteiger partial charge in [-0.2, -0.15) is 0 Å². The van der Waals surface area contributed by atoms with Crippen LogP contribution in [0.25, 0.3) is 0 Å². The maximum Gasteiger partial charge on any atom is 0.0365 e. The lowest BCUT2D eigenvalue weighted by atomic mass is 9.87. The fraction of sp³-hybridized carbons (Fsp3) is 0.571. The van der Waals surface area contributed by atoms with Crippen molar-refractivity contribution in [1.82, 2.24) is 0 Å². The molecular formula is C14H22N2. The maximum absolute atomic E-state index is 6.16. The summed E-state index contributed by atoms with van der Waals surface area (Å²) in [7, 11) is 0. The van der Waals surface area contributed by atoms with Crippen LogP contribution in [-0.4, -0.2) is 0 Å². The van der Waals surface area contributed by atoms with E-state index >= 15 is 0 Å². The molecule has 0 saturated heterocycles. The van der Waals surface area contributed by atoms with E-state index < -0.39 is 0 Å². The Labute approximate surface area is 98.0 Å². The van der Waals surface area contributed by atoms with Crippen LogP contribution in [0.5, 0.6) is 0 Å². The molecule has 0 radical (unpaired) electrons. The molecule has 88 valence electrons. The zero-order valence-electron chi connectivity index (χ0n) is 10.1. The molecule has 0 bridgehead atoms. The van der Waals surface area contributed by atoms with Crippen LogP contribution in [0, 0.1) is 0 Å². The summed E-state index contributed by atoms with van der Waals surface area (Å²) in [4.78, 5) is 0. The molecule has 0 aromatic heterocycles. The Morgan fingerprint density at radius 1 is 1.19 bits per heavy atom. The third-order valence-corrected chi connectivity index (χ3v) is 3.55. The zero-order valence-corrected chi connectivity index (χ0v) is 10.1. The van der Waals surface area contributed by atoms with Gasteiger partial charge in [-0.25, -0.2) is 0 Å². The van der Waals surface area contributed by atoms with Gasteiger partial charge in [-0.05, 0) is 54.9 Å². The second-order valence-corrected chi connectivity index (χ2v) is 4.85. The van der Waals surface area contributed by atoms with Crippen LogP contribution in [-0.2, 0) is 12.8 Å². The maximum atomic E-state index is 6.16. The monoisotopic (exact) mass is 218 g/mol. The number of anilines is 1. The molecule has 1 aromatic carbocycles. The first-order valence-corrected chi connectivity index (χ1v) is 6.39. The number of nitrogen functional groups attached to an aromatic ring is 1. The number of hydrogen-bond acceptors (Lipinski definition) is 2. The highest BCUT2D eigenvalue weighted by atomic mass is 14.7. The molecule has 0 fully saturated rings. The second-order valence-electron chi connectivity index (χ2n) is 4.85. The van der Waals surface area contributed by atoms with Crippen molar-refractivity contribution in [3.8, 4) is 0 Å². The smallest absolute Gasteiger partial charge is 0.0365 e. The highest BCUT2D eigenvalue weighted by molar-refractivity contribution is 5.54. The van der Waals surface area contributed by atoms with Gasteiger partial charge in [-0.3, -0.25) is 0 Å². The van der Waals surface area contributed by atoms with E-state index in [1.54, 1.807) is 0 Å². The van der Waals surface area contributed by atoms with Crippen molar-refractivity contribution < 1.29 is 0 Å². The van der Waals surface area contributed by atoms with E-state index in [1.807, 2.05) is 0 Å². The quantitative estimate of drug-likeness (QED) is 0.766. The molecule has 16 heavy (non-hydrogen) atoms. The predicted molar refractivity (Wildman–Crippen MR) is 69.3 cm³/mol. The summed E-state index contributed by atoms with van der Waals surface area (Å²) in [5.41, 5.74) is 17.2. The summed E-state index contributed by atoms with van der Waals surface area (Å²) in [5.74, 6) is 0. The van der Waals surface area contributed by atoms with Crippen LogP contribution in [0.2, 0.25) is 0 Å². The van der Waals surface area contributed by atoms with Crippen molar-refractivity contribution in [1.29, 1.82) is 0 Å². The number of aryl methyl sites for hydroxylation is 2. The molecular weight excluding hydrogens is 196 g/mol. The van der Waals surface area contributed by atoms with E-state index in [4.69, 9.17) is 11.5 Å².